The van der Waals surface area contributed by atoms with Gasteiger partial charge in [0.05, 0.1) is 12.5 Å². The number of carbonyl (C=O) groups is 3. The maximum atomic E-state index is 12.2. The number of nitrogens with zero attached hydrogens (tertiary/aromatic N) is 1. The Hall–Kier alpha value is -1.89. The summed E-state index contributed by atoms with van der Waals surface area (Å²) in [6, 6.07) is -3.38. The van der Waals surface area contributed by atoms with Crippen molar-refractivity contribution in [2.75, 3.05) is 6.54 Å². The van der Waals surface area contributed by atoms with Crippen LogP contribution in [0.5, 0.6) is 0 Å². The van der Waals surface area contributed by atoms with Crippen molar-refractivity contribution in [3.63, 3.8) is 0 Å². The second-order valence-corrected chi connectivity index (χ2v) is 9.72. The number of unbranched alkanes of at least 4 members (excludes halogenated alkanes) is 10. The predicted molar refractivity (Wildman–Crippen MR) is 138 cm³/mol. The maximum Gasteiger partial charge on any atom is 0.362 e. The minimum Gasteiger partial charge on any atom is -0.544 e. The van der Waals surface area contributed by atoms with Crippen LogP contribution in [-0.2, 0) is 14.4 Å². The monoisotopic (exact) mass is 497 g/mol. The van der Waals surface area contributed by atoms with Crippen molar-refractivity contribution < 1.29 is 34.2 Å². The quantitative estimate of drug-likeness (QED) is 0.112. The van der Waals surface area contributed by atoms with E-state index in [1.807, 2.05) is 0 Å². The Balaban J connectivity index is 4.98. The molecule has 2 N–H and O–H groups in total. The van der Waals surface area contributed by atoms with Crippen molar-refractivity contribution in [2.24, 2.45) is 0 Å². The Morgan fingerprint density at radius 3 is 1.43 bits per heavy atom. The van der Waals surface area contributed by atoms with Crippen LogP contribution in [0.2, 0.25) is 0 Å². The summed E-state index contributed by atoms with van der Waals surface area (Å²) in [7, 11) is 0. The summed E-state index contributed by atoms with van der Waals surface area (Å²) in [6.45, 7) is 7.46. The third-order valence-corrected chi connectivity index (χ3v) is 7.30. The molecule has 3 unspecified atom stereocenters. The first-order valence-corrected chi connectivity index (χ1v) is 13.9. The van der Waals surface area contributed by atoms with Crippen molar-refractivity contribution >= 4 is 17.9 Å². The van der Waals surface area contributed by atoms with Gasteiger partial charge >= 0.3 is 11.9 Å². The van der Waals surface area contributed by atoms with E-state index in [0.29, 0.717) is 6.42 Å². The van der Waals surface area contributed by atoms with Crippen LogP contribution in [0.25, 0.3) is 0 Å². The van der Waals surface area contributed by atoms with Gasteiger partial charge in [0.1, 0.15) is 6.04 Å². The molecule has 0 rings (SSSR count). The van der Waals surface area contributed by atoms with Gasteiger partial charge in [-0.25, -0.2) is 9.59 Å². The van der Waals surface area contributed by atoms with E-state index in [2.05, 4.69) is 19.1 Å². The summed E-state index contributed by atoms with van der Waals surface area (Å²) < 4.78 is -0.471. The van der Waals surface area contributed by atoms with Gasteiger partial charge in [-0.1, -0.05) is 78.4 Å². The largest absolute Gasteiger partial charge is 0.544 e. The van der Waals surface area contributed by atoms with Gasteiger partial charge in [-0.3, -0.25) is 4.48 Å². The molecule has 0 fully saturated rings. The molecule has 204 valence electrons. The number of rotatable bonds is 23. The molecule has 0 aliphatic heterocycles. The van der Waals surface area contributed by atoms with Crippen LogP contribution in [0.3, 0.4) is 0 Å². The second-order valence-electron chi connectivity index (χ2n) is 9.72. The Labute approximate surface area is 213 Å². The minimum absolute atomic E-state index is 0.128. The first kappa shape index (κ1) is 33.1. The van der Waals surface area contributed by atoms with Gasteiger partial charge in [-0.05, 0) is 38.5 Å². The van der Waals surface area contributed by atoms with E-state index in [0.717, 1.165) is 32.1 Å². The zero-order valence-electron chi connectivity index (χ0n) is 22.7. The highest BCUT2D eigenvalue weighted by Gasteiger charge is 2.53. The van der Waals surface area contributed by atoms with Gasteiger partial charge in [0.15, 0.2) is 12.1 Å². The average Bonchev–Trinajstić information content (AvgIpc) is 2.79. The number of hydrogen-bond acceptors (Lipinski definition) is 4. The van der Waals surface area contributed by atoms with Gasteiger partial charge in [0.25, 0.3) is 0 Å². The van der Waals surface area contributed by atoms with Crippen molar-refractivity contribution in [1.82, 2.24) is 0 Å². The van der Waals surface area contributed by atoms with Gasteiger partial charge in [0.2, 0.25) is 0 Å². The Kier molecular flexibility index (Phi) is 18.3. The number of hydrogen-bond donors (Lipinski definition) is 2. The lowest BCUT2D eigenvalue weighted by Gasteiger charge is -2.51. The topological polar surface area (TPSA) is 115 Å². The first-order valence-electron chi connectivity index (χ1n) is 13.9. The van der Waals surface area contributed by atoms with E-state index in [1.165, 1.54) is 38.5 Å². The van der Waals surface area contributed by atoms with Crippen molar-refractivity contribution in [3.05, 3.63) is 12.2 Å². The third kappa shape index (κ3) is 11.1. The number of carboxylic acids is 3. The first-order chi connectivity index (χ1) is 16.7. The molecule has 0 heterocycles. The molecule has 35 heavy (non-hydrogen) atoms. The van der Waals surface area contributed by atoms with E-state index >= 15 is 0 Å². The van der Waals surface area contributed by atoms with Crippen LogP contribution in [0.4, 0.5) is 0 Å². The fourth-order valence-corrected chi connectivity index (χ4v) is 5.54. The molecule has 0 spiro atoms. The van der Waals surface area contributed by atoms with Crippen LogP contribution in [-0.4, -0.2) is 57.3 Å². The molecule has 0 aliphatic rings. The predicted octanol–water partition coefficient (Wildman–Crippen LogP) is 5.32. The summed E-state index contributed by atoms with van der Waals surface area (Å²) in [4.78, 5) is 36.5. The smallest absolute Gasteiger partial charge is 0.362 e. The molecule has 0 aromatic carbocycles. The summed E-state index contributed by atoms with van der Waals surface area (Å²) >= 11 is 0. The average molecular weight is 498 g/mol. The molecule has 0 bridgehead atoms. The molecule has 7 nitrogen and oxygen atoms in total. The van der Waals surface area contributed by atoms with Crippen LogP contribution in [0.1, 0.15) is 124 Å². The lowest BCUT2D eigenvalue weighted by Crippen LogP contribution is -2.73. The molecule has 0 saturated carbocycles. The Bertz CT molecular complexity index is 578. The second kappa shape index (κ2) is 19.3. The zero-order valence-corrected chi connectivity index (χ0v) is 22.7. The molecule has 7 heteroatoms. The lowest BCUT2D eigenvalue weighted by atomic mass is 9.93. The molecule has 3 atom stereocenters. The van der Waals surface area contributed by atoms with Crippen LogP contribution < -0.4 is 5.11 Å². The fourth-order valence-electron chi connectivity index (χ4n) is 5.54. The number of carboxylic acid groups (broad SMARTS) is 3. The Morgan fingerprint density at radius 1 is 0.657 bits per heavy atom. The highest BCUT2D eigenvalue weighted by molar-refractivity contribution is 5.77. The van der Waals surface area contributed by atoms with E-state index < -0.39 is 40.5 Å². The number of quaternary nitrogens is 1. The maximum absolute atomic E-state index is 12.2. The van der Waals surface area contributed by atoms with Crippen LogP contribution >= 0.6 is 0 Å². The number of aliphatic carboxylic acids is 3. The standard InChI is InChI=1S/C28H51NO6/c1-5-9-10-11-12-13-14-15-16-17-18-19-20-21-22-29(23(6-2)26(30)31,24(7-3)27(32)33)25(8-4)28(34)35/h12-13,23-25H,5-11,14-22H2,1-4H3,(H2-,30,31,32,33,34,35)/b13-12+. The lowest BCUT2D eigenvalue weighted by molar-refractivity contribution is -0.974. The van der Waals surface area contributed by atoms with E-state index in [-0.39, 0.29) is 25.8 Å². The molecule has 0 aromatic rings. The van der Waals surface area contributed by atoms with E-state index in [4.69, 9.17) is 0 Å². The summed E-state index contributed by atoms with van der Waals surface area (Å²) in [5.41, 5.74) is 0. The van der Waals surface area contributed by atoms with Crippen LogP contribution in [0, 0.1) is 0 Å². The van der Waals surface area contributed by atoms with Crippen molar-refractivity contribution in [1.29, 1.82) is 0 Å². The molecule has 0 radical (unpaired) electrons. The zero-order chi connectivity index (χ0) is 26.7. The van der Waals surface area contributed by atoms with Crippen molar-refractivity contribution in [2.45, 2.75) is 142 Å². The van der Waals surface area contributed by atoms with Gasteiger partial charge in [-0.15, -0.1) is 0 Å². The van der Waals surface area contributed by atoms with Crippen molar-refractivity contribution in [3.8, 4) is 0 Å². The molecular formula is C28H51NO6. The molecule has 0 amide bonds. The minimum atomic E-state index is -1.37. The van der Waals surface area contributed by atoms with Gasteiger partial charge in [0, 0.05) is 19.3 Å². The highest BCUT2D eigenvalue weighted by atomic mass is 16.4. The highest BCUT2D eigenvalue weighted by Crippen LogP contribution is 2.32. The summed E-state index contributed by atoms with van der Waals surface area (Å²) in [5, 5.41) is 32.0. The Morgan fingerprint density at radius 2 is 1.06 bits per heavy atom. The SMILES string of the molecule is CCCCC/C=C/CCCCCCCCC[N+](C(CC)C(=O)[O-])(C(CC)C(=O)O)C(CC)C(=O)O. The van der Waals surface area contributed by atoms with Crippen LogP contribution in [0.15, 0.2) is 12.2 Å². The normalized spacial score (nSPS) is 16.0. The number of carbonyl (C=O) groups excluding carboxylic acids is 1. The molecule has 0 saturated heterocycles. The summed E-state index contributed by atoms with van der Waals surface area (Å²) in [5.74, 6) is -3.66. The van der Waals surface area contributed by atoms with Gasteiger partial charge in [-0.2, -0.15) is 0 Å². The number of allylic oxidation sites excluding steroid dienone is 2. The fraction of sp³-hybridized carbons (Fsp3) is 0.821. The van der Waals surface area contributed by atoms with Gasteiger partial charge < -0.3 is 20.1 Å². The summed E-state index contributed by atoms with van der Waals surface area (Å²) in [6.07, 6.45) is 18.1. The third-order valence-electron chi connectivity index (χ3n) is 7.30. The molecular weight excluding hydrogens is 446 g/mol. The molecule has 0 aliphatic carbocycles. The molecule has 0 aromatic heterocycles. The van der Waals surface area contributed by atoms with E-state index in [9.17, 15) is 29.7 Å². The van der Waals surface area contributed by atoms with E-state index in [1.54, 1.807) is 20.8 Å².